The summed E-state index contributed by atoms with van der Waals surface area (Å²) in [6, 6.07) is 20.2. The molecule has 1 aliphatic heterocycles. The Balaban J connectivity index is 1.52. The zero-order valence-electron chi connectivity index (χ0n) is 14.8. The maximum absolute atomic E-state index is 10.7. The first kappa shape index (κ1) is 17.3. The van der Waals surface area contributed by atoms with Crippen molar-refractivity contribution >= 4 is 11.0 Å². The van der Waals surface area contributed by atoms with E-state index >= 15 is 0 Å². The number of para-hydroxylation sites is 1. The smallest absolute Gasteiger partial charge is 0.134 e. The van der Waals surface area contributed by atoms with E-state index in [0.29, 0.717) is 25.9 Å². The molecule has 1 aromatic heterocycles. The van der Waals surface area contributed by atoms with E-state index < -0.39 is 11.5 Å². The van der Waals surface area contributed by atoms with Gasteiger partial charge in [-0.15, -0.1) is 0 Å². The Morgan fingerprint density at radius 2 is 1.85 bits per heavy atom. The molecular weight excluding hydrogens is 326 g/mol. The van der Waals surface area contributed by atoms with Crippen LogP contribution in [-0.2, 0) is 13.0 Å². The van der Waals surface area contributed by atoms with E-state index in [0.717, 1.165) is 28.8 Å². The minimum atomic E-state index is -0.536. The molecule has 4 rings (SSSR count). The van der Waals surface area contributed by atoms with Crippen molar-refractivity contribution in [1.82, 2.24) is 4.90 Å². The van der Waals surface area contributed by atoms with E-state index in [1.54, 1.807) is 0 Å². The zero-order valence-corrected chi connectivity index (χ0v) is 14.8. The summed E-state index contributed by atoms with van der Waals surface area (Å²) in [4.78, 5) is 2.28. The van der Waals surface area contributed by atoms with Crippen molar-refractivity contribution in [3.8, 4) is 0 Å². The fourth-order valence-corrected chi connectivity index (χ4v) is 4.10. The lowest BCUT2D eigenvalue weighted by molar-refractivity contribution is -0.0778. The highest BCUT2D eigenvalue weighted by molar-refractivity contribution is 5.77. The summed E-state index contributed by atoms with van der Waals surface area (Å²) in [6.07, 6.45) is 0.829. The number of likely N-dealkylation sites (tertiary alicyclic amines) is 1. The number of benzene rings is 2. The van der Waals surface area contributed by atoms with Gasteiger partial charge in [0.1, 0.15) is 11.3 Å². The Labute approximate surface area is 153 Å². The van der Waals surface area contributed by atoms with Crippen LogP contribution in [0.5, 0.6) is 0 Å². The van der Waals surface area contributed by atoms with Gasteiger partial charge >= 0.3 is 0 Å². The molecule has 2 aromatic carbocycles. The average Bonchev–Trinajstić information content (AvgIpc) is 3.07. The monoisotopic (exact) mass is 351 g/mol. The minimum absolute atomic E-state index is 0.0281. The van der Waals surface area contributed by atoms with Crippen LogP contribution in [0.4, 0.5) is 0 Å². The quantitative estimate of drug-likeness (QED) is 0.741. The predicted octanol–water partition coefficient (Wildman–Crippen LogP) is 3.22. The first-order chi connectivity index (χ1) is 12.7. The van der Waals surface area contributed by atoms with Crippen LogP contribution >= 0.6 is 0 Å². The van der Waals surface area contributed by atoms with Gasteiger partial charge in [0, 0.05) is 23.9 Å². The summed E-state index contributed by atoms with van der Waals surface area (Å²) in [5, 5.41) is 21.9. The van der Waals surface area contributed by atoms with Gasteiger partial charge < -0.3 is 14.6 Å². The van der Waals surface area contributed by atoms with Crippen molar-refractivity contribution in [3.63, 3.8) is 0 Å². The van der Waals surface area contributed by atoms with Gasteiger partial charge in [0.2, 0.25) is 0 Å². The summed E-state index contributed by atoms with van der Waals surface area (Å²) in [5.41, 5.74) is 1.51. The molecule has 0 spiro atoms. The van der Waals surface area contributed by atoms with Crippen LogP contribution in [-0.4, -0.2) is 40.9 Å². The summed E-state index contributed by atoms with van der Waals surface area (Å²) in [5.74, 6) is 0.925. The maximum Gasteiger partial charge on any atom is 0.134 e. The Hall–Kier alpha value is -2.14. The molecule has 1 fully saturated rings. The third-order valence-electron chi connectivity index (χ3n) is 5.53. The Bertz CT molecular complexity index is 827. The number of aliphatic hydroxyl groups excluding tert-OH is 2. The second kappa shape index (κ2) is 7.23. The Morgan fingerprint density at radius 1 is 1.08 bits per heavy atom. The first-order valence-corrected chi connectivity index (χ1v) is 9.21. The molecule has 1 aliphatic rings. The van der Waals surface area contributed by atoms with Crippen molar-refractivity contribution in [3.05, 3.63) is 72.0 Å². The third-order valence-corrected chi connectivity index (χ3v) is 5.53. The van der Waals surface area contributed by atoms with Gasteiger partial charge in [-0.2, -0.15) is 0 Å². The summed E-state index contributed by atoms with van der Waals surface area (Å²) < 4.78 is 5.95. The summed E-state index contributed by atoms with van der Waals surface area (Å²) in [6.45, 7) is 2.11. The molecule has 0 saturated carbocycles. The molecule has 0 bridgehead atoms. The van der Waals surface area contributed by atoms with Crippen LogP contribution in [0.1, 0.15) is 17.7 Å². The number of hydrogen-bond donors (Lipinski definition) is 2. The molecule has 1 saturated heterocycles. The second-order valence-corrected chi connectivity index (χ2v) is 7.45. The fourth-order valence-electron chi connectivity index (χ4n) is 4.10. The van der Waals surface area contributed by atoms with Crippen LogP contribution in [0, 0.1) is 5.41 Å². The lowest BCUT2D eigenvalue weighted by Gasteiger charge is -2.45. The number of fused-ring (bicyclic) bond motifs is 1. The van der Waals surface area contributed by atoms with Crippen molar-refractivity contribution < 1.29 is 14.6 Å². The largest absolute Gasteiger partial charge is 0.460 e. The van der Waals surface area contributed by atoms with Crippen molar-refractivity contribution in [2.45, 2.75) is 25.5 Å². The van der Waals surface area contributed by atoms with E-state index in [4.69, 9.17) is 4.42 Å². The maximum atomic E-state index is 10.7. The van der Waals surface area contributed by atoms with Crippen LogP contribution in [0.2, 0.25) is 0 Å². The molecule has 0 unspecified atom stereocenters. The second-order valence-electron chi connectivity index (χ2n) is 7.45. The van der Waals surface area contributed by atoms with Gasteiger partial charge in [0.05, 0.1) is 19.3 Å². The lowest BCUT2D eigenvalue weighted by atomic mass is 9.73. The van der Waals surface area contributed by atoms with E-state index in [-0.39, 0.29) is 6.61 Å². The van der Waals surface area contributed by atoms with Crippen LogP contribution in [0.3, 0.4) is 0 Å². The number of hydrogen-bond acceptors (Lipinski definition) is 4. The number of aliphatic hydroxyl groups is 2. The predicted molar refractivity (Wildman–Crippen MR) is 102 cm³/mol. The van der Waals surface area contributed by atoms with Gasteiger partial charge in [-0.05, 0) is 30.5 Å². The fraction of sp³-hybridized carbons (Fsp3) is 0.364. The molecule has 2 heterocycles. The third kappa shape index (κ3) is 3.40. The van der Waals surface area contributed by atoms with Crippen molar-refractivity contribution in [2.24, 2.45) is 5.41 Å². The average molecular weight is 351 g/mol. The Kier molecular flexibility index (Phi) is 4.81. The molecule has 136 valence electrons. The highest BCUT2D eigenvalue weighted by Crippen LogP contribution is 2.35. The van der Waals surface area contributed by atoms with Gasteiger partial charge in [-0.3, -0.25) is 4.90 Å². The number of nitrogens with zero attached hydrogens (tertiary/aromatic N) is 1. The SMILES string of the molecule is OC[C@]1(Cc2ccccc2)CN(Cc2cc3ccccc3o2)CC[C@H]1O. The minimum Gasteiger partial charge on any atom is -0.460 e. The number of rotatable bonds is 5. The summed E-state index contributed by atoms with van der Waals surface area (Å²) >= 11 is 0. The zero-order chi connectivity index (χ0) is 18.0. The normalized spacial score (nSPS) is 24.2. The summed E-state index contributed by atoms with van der Waals surface area (Å²) in [7, 11) is 0. The van der Waals surface area contributed by atoms with Crippen LogP contribution in [0.25, 0.3) is 11.0 Å². The van der Waals surface area contributed by atoms with Gasteiger partial charge in [0.15, 0.2) is 0 Å². The molecule has 0 amide bonds. The number of piperidine rings is 1. The van der Waals surface area contributed by atoms with Crippen LogP contribution < -0.4 is 0 Å². The van der Waals surface area contributed by atoms with Crippen LogP contribution in [0.15, 0.2) is 65.1 Å². The number of furan rings is 1. The molecule has 2 N–H and O–H groups in total. The molecule has 26 heavy (non-hydrogen) atoms. The van der Waals surface area contributed by atoms with Crippen molar-refractivity contribution in [2.75, 3.05) is 19.7 Å². The molecule has 0 radical (unpaired) electrons. The van der Waals surface area contributed by atoms with E-state index in [1.165, 1.54) is 0 Å². The molecule has 2 atom stereocenters. The highest BCUT2D eigenvalue weighted by Gasteiger charge is 2.42. The molecule has 3 aromatic rings. The first-order valence-electron chi connectivity index (χ1n) is 9.21. The van der Waals surface area contributed by atoms with E-state index in [1.807, 2.05) is 36.4 Å². The van der Waals surface area contributed by atoms with Crippen molar-refractivity contribution in [1.29, 1.82) is 0 Å². The lowest BCUT2D eigenvalue weighted by Crippen LogP contribution is -2.54. The van der Waals surface area contributed by atoms with Gasteiger partial charge in [0.25, 0.3) is 0 Å². The molecule has 0 aliphatic carbocycles. The topological polar surface area (TPSA) is 56.8 Å². The standard InChI is InChI=1S/C22H25NO3/c24-16-22(13-17-6-2-1-3-7-17)15-23(11-10-21(22)25)14-19-12-18-8-4-5-9-20(18)26-19/h1-9,12,21,24-25H,10-11,13-16H2/t21-,22+/m1/s1. The van der Waals surface area contributed by atoms with E-state index in [9.17, 15) is 10.2 Å². The van der Waals surface area contributed by atoms with Gasteiger partial charge in [-0.1, -0.05) is 48.5 Å². The molecular formula is C22H25NO3. The molecule has 4 heteroatoms. The van der Waals surface area contributed by atoms with Gasteiger partial charge in [-0.25, -0.2) is 0 Å². The highest BCUT2D eigenvalue weighted by atomic mass is 16.3. The van der Waals surface area contributed by atoms with E-state index in [2.05, 4.69) is 29.2 Å². The Morgan fingerprint density at radius 3 is 2.62 bits per heavy atom. The molecule has 4 nitrogen and oxygen atoms in total.